The monoisotopic (exact) mass is 420 g/mol. The summed E-state index contributed by atoms with van der Waals surface area (Å²) < 4.78 is 14.7. The number of anilines is 1. The molecule has 0 spiro atoms. The van der Waals surface area contributed by atoms with E-state index >= 15 is 0 Å². The Morgan fingerprint density at radius 2 is 1.74 bits per heavy atom. The van der Waals surface area contributed by atoms with Crippen molar-refractivity contribution in [2.45, 2.75) is 19.3 Å². The van der Waals surface area contributed by atoms with Crippen LogP contribution in [0.25, 0.3) is 0 Å². The zero-order valence-electron chi connectivity index (χ0n) is 17.4. The number of carbonyl (C=O) groups excluding carboxylic acids is 2. The molecule has 0 aliphatic carbocycles. The number of nitrogens with one attached hydrogen (secondary N) is 1. The van der Waals surface area contributed by atoms with E-state index in [1.807, 2.05) is 35.2 Å². The molecule has 1 N–H and O–H groups in total. The molecule has 2 aromatic carbocycles. The average molecular weight is 420 g/mol. The van der Waals surface area contributed by atoms with Crippen LogP contribution in [0, 0.1) is 11.7 Å². The second-order valence-corrected chi connectivity index (χ2v) is 7.93. The molecule has 7 heteroatoms. The van der Waals surface area contributed by atoms with E-state index in [1.165, 1.54) is 24.3 Å². The number of rotatable bonds is 5. The minimum atomic E-state index is -0.350. The van der Waals surface area contributed by atoms with Gasteiger partial charge in [-0.3, -0.25) is 14.3 Å². The van der Waals surface area contributed by atoms with Crippen molar-refractivity contribution < 1.29 is 14.0 Å². The summed E-state index contributed by atoms with van der Waals surface area (Å²) >= 11 is 0. The molecule has 0 bridgehead atoms. The summed E-state index contributed by atoms with van der Waals surface area (Å²) in [7, 11) is 1.79. The number of halogens is 1. The molecule has 6 nitrogen and oxygen atoms in total. The lowest BCUT2D eigenvalue weighted by atomic mass is 9.91. The van der Waals surface area contributed by atoms with E-state index in [0.29, 0.717) is 42.2 Å². The molecule has 1 aliphatic heterocycles. The van der Waals surface area contributed by atoms with E-state index < -0.39 is 0 Å². The quantitative estimate of drug-likeness (QED) is 0.681. The lowest BCUT2D eigenvalue weighted by Crippen LogP contribution is -2.39. The first-order chi connectivity index (χ1) is 15.0. The highest BCUT2D eigenvalue weighted by atomic mass is 19.1. The summed E-state index contributed by atoms with van der Waals surface area (Å²) in [5.74, 6) is -0.188. The molecule has 1 aliphatic rings. The smallest absolute Gasteiger partial charge is 0.259 e. The Hall–Kier alpha value is -3.48. The molecular weight excluding hydrogens is 395 g/mol. The number of benzene rings is 2. The van der Waals surface area contributed by atoms with Gasteiger partial charge in [-0.25, -0.2) is 4.39 Å². The van der Waals surface area contributed by atoms with Gasteiger partial charge < -0.3 is 10.2 Å². The predicted molar refractivity (Wildman–Crippen MR) is 116 cm³/mol. The van der Waals surface area contributed by atoms with Crippen molar-refractivity contribution in [3.63, 3.8) is 0 Å². The van der Waals surface area contributed by atoms with Gasteiger partial charge in [0.05, 0.1) is 11.3 Å². The Morgan fingerprint density at radius 1 is 1.06 bits per heavy atom. The first kappa shape index (κ1) is 20.8. The molecule has 1 saturated heterocycles. The number of amides is 2. The first-order valence-corrected chi connectivity index (χ1v) is 10.4. The van der Waals surface area contributed by atoms with Crippen molar-refractivity contribution in [2.24, 2.45) is 13.0 Å². The summed E-state index contributed by atoms with van der Waals surface area (Å²) in [4.78, 5) is 27.3. The molecule has 3 aromatic rings. The van der Waals surface area contributed by atoms with E-state index in [2.05, 4.69) is 10.4 Å². The van der Waals surface area contributed by atoms with E-state index in [0.717, 1.165) is 18.5 Å². The molecule has 4 rings (SSSR count). The van der Waals surface area contributed by atoms with Gasteiger partial charge in [0.25, 0.3) is 11.8 Å². The van der Waals surface area contributed by atoms with E-state index in [9.17, 15) is 14.0 Å². The zero-order chi connectivity index (χ0) is 21.8. The fraction of sp³-hybridized carbons (Fsp3) is 0.292. The molecule has 160 valence electrons. The van der Waals surface area contributed by atoms with E-state index in [-0.39, 0.29) is 17.6 Å². The van der Waals surface area contributed by atoms with Crippen LogP contribution in [0.1, 0.15) is 39.3 Å². The van der Waals surface area contributed by atoms with E-state index in [4.69, 9.17) is 0 Å². The average Bonchev–Trinajstić information content (AvgIpc) is 3.16. The summed E-state index contributed by atoms with van der Waals surface area (Å²) in [6.45, 7) is 1.39. The number of piperidine rings is 1. The lowest BCUT2D eigenvalue weighted by molar-refractivity contribution is 0.0690. The van der Waals surface area contributed by atoms with Crippen LogP contribution in [0.3, 0.4) is 0 Å². The number of aryl methyl sites for hydroxylation is 1. The van der Waals surface area contributed by atoms with Crippen LogP contribution < -0.4 is 5.32 Å². The predicted octanol–water partition coefficient (Wildman–Crippen LogP) is 3.91. The van der Waals surface area contributed by atoms with Gasteiger partial charge >= 0.3 is 0 Å². The van der Waals surface area contributed by atoms with Gasteiger partial charge in [0.15, 0.2) is 0 Å². The normalized spacial score (nSPS) is 14.5. The topological polar surface area (TPSA) is 67.2 Å². The minimum Gasteiger partial charge on any atom is -0.339 e. The molecule has 2 heterocycles. The second kappa shape index (κ2) is 9.12. The number of likely N-dealkylation sites (tertiary alicyclic amines) is 1. The molecule has 1 fully saturated rings. The van der Waals surface area contributed by atoms with Crippen LogP contribution in [0.2, 0.25) is 0 Å². The van der Waals surface area contributed by atoms with Gasteiger partial charge in [-0.1, -0.05) is 18.2 Å². The van der Waals surface area contributed by atoms with Gasteiger partial charge in [0.2, 0.25) is 0 Å². The van der Waals surface area contributed by atoms with Crippen LogP contribution in [0.5, 0.6) is 0 Å². The maximum absolute atomic E-state index is 13.1. The highest BCUT2D eigenvalue weighted by Crippen LogP contribution is 2.24. The van der Waals surface area contributed by atoms with Gasteiger partial charge in [0.1, 0.15) is 5.82 Å². The second-order valence-electron chi connectivity index (χ2n) is 7.93. The highest BCUT2D eigenvalue weighted by molar-refractivity contribution is 6.04. The number of aromatic nitrogens is 2. The van der Waals surface area contributed by atoms with Crippen molar-refractivity contribution in [3.05, 3.63) is 83.4 Å². The third kappa shape index (κ3) is 4.99. The third-order valence-electron chi connectivity index (χ3n) is 5.66. The van der Waals surface area contributed by atoms with Crippen LogP contribution in [0.15, 0.2) is 60.8 Å². The van der Waals surface area contributed by atoms with Crippen molar-refractivity contribution in [2.75, 3.05) is 18.4 Å². The molecule has 1 aromatic heterocycles. The van der Waals surface area contributed by atoms with Crippen LogP contribution >= 0.6 is 0 Å². The van der Waals surface area contributed by atoms with E-state index in [1.54, 1.807) is 17.9 Å². The molecule has 0 unspecified atom stereocenters. The maximum Gasteiger partial charge on any atom is 0.259 e. The van der Waals surface area contributed by atoms with Crippen molar-refractivity contribution in [1.82, 2.24) is 14.7 Å². The number of nitrogens with zero attached hydrogens (tertiary/aromatic N) is 3. The molecule has 0 saturated carbocycles. The van der Waals surface area contributed by atoms with Crippen molar-refractivity contribution in [1.29, 1.82) is 0 Å². The molecule has 0 radical (unpaired) electrons. The Kier molecular flexibility index (Phi) is 6.11. The number of hydrogen-bond donors (Lipinski definition) is 1. The number of carbonyl (C=O) groups is 2. The zero-order valence-corrected chi connectivity index (χ0v) is 17.4. The summed E-state index contributed by atoms with van der Waals surface area (Å²) in [5.41, 5.74) is 2.52. The van der Waals surface area contributed by atoms with Gasteiger partial charge in [-0.2, -0.15) is 5.10 Å². The minimum absolute atomic E-state index is 0.0660. The van der Waals surface area contributed by atoms with Crippen molar-refractivity contribution in [3.8, 4) is 0 Å². The standard InChI is InChI=1S/C24H25FN4O2/c1-28-16-21(23(30)26-20-9-7-19(25)8-10-20)22(27-28)15-17-11-13-29(14-12-17)24(31)18-5-3-2-4-6-18/h2-10,16-17H,11-15H2,1H3,(H,26,30). The van der Waals surface area contributed by atoms with Crippen LogP contribution in [-0.4, -0.2) is 39.6 Å². The Morgan fingerprint density at radius 3 is 2.42 bits per heavy atom. The first-order valence-electron chi connectivity index (χ1n) is 10.4. The maximum atomic E-state index is 13.1. The summed E-state index contributed by atoms with van der Waals surface area (Å²) in [5, 5.41) is 7.30. The third-order valence-corrected chi connectivity index (χ3v) is 5.66. The van der Waals surface area contributed by atoms with Gasteiger partial charge in [-0.15, -0.1) is 0 Å². The Bertz CT molecular complexity index is 1050. The SMILES string of the molecule is Cn1cc(C(=O)Nc2ccc(F)cc2)c(CC2CCN(C(=O)c3ccccc3)CC2)n1. The number of hydrogen-bond acceptors (Lipinski definition) is 3. The Balaban J connectivity index is 1.37. The fourth-order valence-corrected chi connectivity index (χ4v) is 3.98. The van der Waals surface area contributed by atoms with Gasteiger partial charge in [-0.05, 0) is 61.6 Å². The molecule has 0 atom stereocenters. The molecular formula is C24H25FN4O2. The van der Waals surface area contributed by atoms with Gasteiger partial charge in [0, 0.05) is 37.6 Å². The fourth-order valence-electron chi connectivity index (χ4n) is 3.98. The summed E-state index contributed by atoms with van der Waals surface area (Å²) in [6.07, 6.45) is 4.13. The van der Waals surface area contributed by atoms with Crippen LogP contribution in [0.4, 0.5) is 10.1 Å². The largest absolute Gasteiger partial charge is 0.339 e. The lowest BCUT2D eigenvalue weighted by Gasteiger charge is -2.32. The Labute approximate surface area is 180 Å². The van der Waals surface area contributed by atoms with Crippen molar-refractivity contribution >= 4 is 17.5 Å². The summed E-state index contributed by atoms with van der Waals surface area (Å²) in [6, 6.07) is 15.0. The molecule has 2 amide bonds. The highest BCUT2D eigenvalue weighted by Gasteiger charge is 2.26. The van der Waals surface area contributed by atoms with Crippen LogP contribution in [-0.2, 0) is 13.5 Å². The molecule has 31 heavy (non-hydrogen) atoms.